The Hall–Kier alpha value is -3.57. The Labute approximate surface area is 218 Å². The number of carbonyl (C=O) groups excluding carboxylic acids is 2. The van der Waals surface area contributed by atoms with Crippen LogP contribution in [0.2, 0.25) is 0 Å². The molecule has 37 heavy (non-hydrogen) atoms. The van der Waals surface area contributed by atoms with Crippen LogP contribution in [0.5, 0.6) is 5.88 Å². The third-order valence-electron chi connectivity index (χ3n) is 7.13. The summed E-state index contributed by atoms with van der Waals surface area (Å²) < 4.78 is 5.19. The van der Waals surface area contributed by atoms with Crippen LogP contribution >= 0.6 is 11.3 Å². The van der Waals surface area contributed by atoms with Gasteiger partial charge < -0.3 is 25.0 Å². The van der Waals surface area contributed by atoms with Crippen molar-refractivity contribution in [3.8, 4) is 16.3 Å². The number of aryl methyl sites for hydroxylation is 1. The molecule has 4 heterocycles. The molecule has 0 spiro atoms. The average molecular weight is 524 g/mol. The molecule has 2 amide bonds. The third kappa shape index (κ3) is 4.42. The zero-order valence-corrected chi connectivity index (χ0v) is 21.8. The fourth-order valence-corrected chi connectivity index (χ4v) is 5.91. The van der Waals surface area contributed by atoms with E-state index in [2.05, 4.69) is 20.4 Å². The number of β-amino-alcohol motifs (C(OH)–C–C–N with tert-alkyl or cyclic N) is 1. The molecule has 2 aromatic heterocycles. The number of likely N-dealkylation sites (tertiary alicyclic amines) is 1. The van der Waals surface area contributed by atoms with E-state index < -0.39 is 23.6 Å². The van der Waals surface area contributed by atoms with Gasteiger partial charge in [-0.25, -0.2) is 4.98 Å². The molecule has 5 rings (SSSR count). The monoisotopic (exact) mass is 523 g/mol. The number of carbonyl (C=O) groups is 2. The topological polar surface area (TPSA) is 141 Å². The van der Waals surface area contributed by atoms with Gasteiger partial charge in [0.2, 0.25) is 5.91 Å². The summed E-state index contributed by atoms with van der Waals surface area (Å²) in [5.74, 6) is -1.23. The number of aliphatic hydroxyl groups excluding tert-OH is 1. The Morgan fingerprint density at radius 1 is 1.30 bits per heavy atom. The highest BCUT2D eigenvalue weighted by molar-refractivity contribution is 7.13. The van der Waals surface area contributed by atoms with Gasteiger partial charge in [0.15, 0.2) is 5.76 Å². The number of hydrogen-bond donors (Lipinski definition) is 3. The smallest absolute Gasteiger partial charge is 0.277 e. The number of aromatic hydroxyl groups is 1. The maximum absolute atomic E-state index is 13.7. The zero-order chi connectivity index (χ0) is 26.5. The largest absolute Gasteiger partial charge is 0.491 e. The van der Waals surface area contributed by atoms with Gasteiger partial charge in [0.1, 0.15) is 17.3 Å². The van der Waals surface area contributed by atoms with E-state index in [9.17, 15) is 19.8 Å². The number of amides is 2. The van der Waals surface area contributed by atoms with Crippen LogP contribution < -0.4 is 5.32 Å². The first kappa shape index (κ1) is 25.1. The molecule has 1 aromatic carbocycles. The Morgan fingerprint density at radius 3 is 2.62 bits per heavy atom. The van der Waals surface area contributed by atoms with Crippen molar-refractivity contribution in [2.75, 3.05) is 6.54 Å². The minimum atomic E-state index is -1.10. The standard InChI is InChI=1S/C26H29N5O5S/c1-13(2)21(19-10-20(33)30-36-19)24(34)31-11-17(32)9-18(31)23-28-25(35)26(4,29-23)16-7-5-15(6-8-16)22-14(3)27-12-37-22/h5-8,10,12-13,17-18,21,32H,9,11H2,1-4H3,(H,30,33)(H,28,29,35)/t17-,18+,21-,26+/m1/s1. The SMILES string of the molecule is Cc1ncsc1-c1ccc([C@]2(C)NC([C@@H]3C[C@@H](O)CN3C(=O)[C@@H](c3cc(O)no3)C(C)C)=NC2=O)cc1. The fraction of sp³-hybridized carbons (Fsp3) is 0.423. The van der Waals surface area contributed by atoms with Gasteiger partial charge in [-0.3, -0.25) is 9.59 Å². The van der Waals surface area contributed by atoms with Crippen molar-refractivity contribution >= 4 is 29.0 Å². The molecule has 1 fully saturated rings. The van der Waals surface area contributed by atoms with Gasteiger partial charge in [0, 0.05) is 19.0 Å². The van der Waals surface area contributed by atoms with Crippen LogP contribution in [-0.2, 0) is 15.1 Å². The van der Waals surface area contributed by atoms with Crippen LogP contribution in [0.1, 0.15) is 50.1 Å². The molecule has 0 unspecified atom stereocenters. The summed E-state index contributed by atoms with van der Waals surface area (Å²) in [6.45, 7) is 7.56. The number of thiazole rings is 1. The van der Waals surface area contributed by atoms with Crippen LogP contribution in [0.3, 0.4) is 0 Å². The summed E-state index contributed by atoms with van der Waals surface area (Å²) in [6.07, 6.45) is -0.518. The van der Waals surface area contributed by atoms with E-state index in [0.717, 1.165) is 21.7 Å². The predicted molar refractivity (Wildman–Crippen MR) is 137 cm³/mol. The molecule has 0 bridgehead atoms. The number of nitrogens with zero attached hydrogens (tertiary/aromatic N) is 4. The average Bonchev–Trinajstić information content (AvgIpc) is 3.62. The number of rotatable bonds is 6. The zero-order valence-electron chi connectivity index (χ0n) is 21.0. The molecule has 2 aliphatic rings. The summed E-state index contributed by atoms with van der Waals surface area (Å²) in [5, 5.41) is 26.9. The summed E-state index contributed by atoms with van der Waals surface area (Å²) in [6, 6.07) is 8.44. The Morgan fingerprint density at radius 2 is 2.03 bits per heavy atom. The lowest BCUT2D eigenvalue weighted by Gasteiger charge is -2.31. The lowest BCUT2D eigenvalue weighted by Crippen LogP contribution is -2.51. The highest BCUT2D eigenvalue weighted by atomic mass is 32.1. The molecule has 0 saturated carbocycles. The van der Waals surface area contributed by atoms with Crippen LogP contribution in [0, 0.1) is 12.8 Å². The second kappa shape index (κ2) is 9.38. The van der Waals surface area contributed by atoms with E-state index in [1.165, 1.54) is 11.0 Å². The molecule has 4 atom stereocenters. The highest BCUT2D eigenvalue weighted by Gasteiger charge is 2.48. The Balaban J connectivity index is 1.39. The fourth-order valence-electron chi connectivity index (χ4n) is 5.10. The first-order valence-electron chi connectivity index (χ1n) is 12.1. The van der Waals surface area contributed by atoms with Crippen molar-refractivity contribution in [2.24, 2.45) is 10.9 Å². The van der Waals surface area contributed by atoms with E-state index in [-0.39, 0.29) is 42.3 Å². The maximum atomic E-state index is 13.7. The van der Waals surface area contributed by atoms with Crippen molar-refractivity contribution < 1.29 is 24.3 Å². The second-order valence-corrected chi connectivity index (χ2v) is 11.0. The number of aliphatic hydroxyl groups is 1. The highest BCUT2D eigenvalue weighted by Crippen LogP contribution is 2.35. The molecule has 0 radical (unpaired) electrons. The summed E-state index contributed by atoms with van der Waals surface area (Å²) in [7, 11) is 0. The second-order valence-electron chi connectivity index (χ2n) is 10.1. The minimum Gasteiger partial charge on any atom is -0.491 e. The van der Waals surface area contributed by atoms with E-state index in [0.29, 0.717) is 5.84 Å². The van der Waals surface area contributed by atoms with Crippen molar-refractivity contribution in [1.82, 2.24) is 20.4 Å². The van der Waals surface area contributed by atoms with Gasteiger partial charge in [0.25, 0.3) is 11.8 Å². The molecule has 2 aliphatic heterocycles. The molecular formula is C26H29N5O5S. The van der Waals surface area contributed by atoms with E-state index in [1.807, 2.05) is 45.0 Å². The van der Waals surface area contributed by atoms with Gasteiger partial charge in [-0.05, 0) is 36.0 Å². The molecule has 194 valence electrons. The van der Waals surface area contributed by atoms with E-state index in [1.54, 1.807) is 23.8 Å². The number of aromatic nitrogens is 2. The number of aliphatic imine (C=N–C) groups is 1. The van der Waals surface area contributed by atoms with Gasteiger partial charge in [-0.1, -0.05) is 38.1 Å². The number of benzene rings is 1. The van der Waals surface area contributed by atoms with Gasteiger partial charge in [-0.2, -0.15) is 4.99 Å². The van der Waals surface area contributed by atoms with Crippen molar-refractivity contribution in [1.29, 1.82) is 0 Å². The van der Waals surface area contributed by atoms with Crippen LogP contribution in [0.25, 0.3) is 10.4 Å². The summed E-state index contributed by atoms with van der Waals surface area (Å²) in [5.41, 5.74) is 3.42. The number of amidine groups is 1. The van der Waals surface area contributed by atoms with Crippen LogP contribution in [0.15, 0.2) is 45.4 Å². The van der Waals surface area contributed by atoms with Crippen LogP contribution in [-0.4, -0.2) is 61.6 Å². The van der Waals surface area contributed by atoms with Gasteiger partial charge in [-0.15, -0.1) is 11.3 Å². The normalized spacial score (nSPS) is 24.4. The molecule has 1 saturated heterocycles. The van der Waals surface area contributed by atoms with Crippen LogP contribution in [0.4, 0.5) is 0 Å². The summed E-state index contributed by atoms with van der Waals surface area (Å²) in [4.78, 5) is 38.1. The van der Waals surface area contributed by atoms with Gasteiger partial charge in [0.05, 0.1) is 28.2 Å². The summed E-state index contributed by atoms with van der Waals surface area (Å²) >= 11 is 1.56. The lowest BCUT2D eigenvalue weighted by atomic mass is 9.90. The third-order valence-corrected chi connectivity index (χ3v) is 8.11. The molecule has 10 nitrogen and oxygen atoms in total. The van der Waals surface area contributed by atoms with Crippen molar-refractivity contribution in [3.63, 3.8) is 0 Å². The van der Waals surface area contributed by atoms with Gasteiger partial charge >= 0.3 is 0 Å². The quantitative estimate of drug-likeness (QED) is 0.448. The van der Waals surface area contributed by atoms with E-state index in [4.69, 9.17) is 4.52 Å². The molecule has 0 aliphatic carbocycles. The first-order chi connectivity index (χ1) is 17.6. The number of hydrogen-bond acceptors (Lipinski definition) is 9. The molecule has 3 aromatic rings. The minimum absolute atomic E-state index is 0.0986. The first-order valence-corrected chi connectivity index (χ1v) is 13.0. The maximum Gasteiger partial charge on any atom is 0.277 e. The van der Waals surface area contributed by atoms with E-state index >= 15 is 0 Å². The van der Waals surface area contributed by atoms with Crippen molar-refractivity contribution in [3.05, 3.63) is 52.9 Å². The molecule has 3 N–H and O–H groups in total. The Bertz CT molecular complexity index is 1360. The predicted octanol–water partition coefficient (Wildman–Crippen LogP) is 2.96. The van der Waals surface area contributed by atoms with Crippen molar-refractivity contribution in [2.45, 2.75) is 57.7 Å². The molecule has 11 heteroatoms. The molecular weight excluding hydrogens is 494 g/mol. The number of nitrogens with one attached hydrogen (secondary N) is 1. The Kier molecular flexibility index (Phi) is 6.36. The lowest BCUT2D eigenvalue weighted by molar-refractivity contribution is -0.134.